The Labute approximate surface area is 198 Å². The van der Waals surface area contributed by atoms with E-state index in [0.29, 0.717) is 12.8 Å². The standard InChI is InChI=1S/C26H19ClF3NO3/c27-18-11-17(7-15-8-20(28)25(30)21(29)9-15)26(34)19(13-18)23(32)4-2-1-3-14-5-6-16-12-24(33)31-22(16)10-14/h1,3,5-6,8-11,13,19H,2,4,7,12H2,(H,31,33)/b3-1+. The maximum absolute atomic E-state index is 13.5. The van der Waals surface area contributed by atoms with Gasteiger partial charge in [0.15, 0.2) is 23.2 Å². The van der Waals surface area contributed by atoms with Crippen LogP contribution in [-0.4, -0.2) is 17.5 Å². The number of hydrogen-bond acceptors (Lipinski definition) is 3. The summed E-state index contributed by atoms with van der Waals surface area (Å²) in [5.74, 6) is -6.28. The summed E-state index contributed by atoms with van der Waals surface area (Å²) in [5.41, 5.74) is 2.76. The molecule has 1 N–H and O–H groups in total. The molecule has 0 saturated carbocycles. The van der Waals surface area contributed by atoms with Crippen LogP contribution in [0.5, 0.6) is 0 Å². The quantitative estimate of drug-likeness (QED) is 0.419. The van der Waals surface area contributed by atoms with E-state index in [1.165, 1.54) is 12.2 Å². The average Bonchev–Trinajstić information content (AvgIpc) is 3.16. The molecule has 0 radical (unpaired) electrons. The van der Waals surface area contributed by atoms with Crippen molar-refractivity contribution >= 4 is 40.8 Å². The molecule has 2 aliphatic rings. The number of carbonyl (C=O) groups is 3. The van der Waals surface area contributed by atoms with E-state index in [2.05, 4.69) is 5.32 Å². The Balaban J connectivity index is 1.37. The van der Waals surface area contributed by atoms with Crippen LogP contribution >= 0.6 is 11.6 Å². The second-order valence-electron chi connectivity index (χ2n) is 8.16. The summed E-state index contributed by atoms with van der Waals surface area (Å²) in [6, 6.07) is 7.22. The van der Waals surface area contributed by atoms with E-state index in [1.807, 2.05) is 24.3 Å². The lowest BCUT2D eigenvalue weighted by Gasteiger charge is -2.18. The molecule has 174 valence electrons. The molecular formula is C26H19ClF3NO3. The van der Waals surface area contributed by atoms with E-state index < -0.39 is 29.2 Å². The van der Waals surface area contributed by atoms with Crippen molar-refractivity contribution in [2.24, 2.45) is 5.92 Å². The van der Waals surface area contributed by atoms with Crippen LogP contribution in [0.1, 0.15) is 29.5 Å². The van der Waals surface area contributed by atoms with Gasteiger partial charge in [0.05, 0.1) is 6.42 Å². The van der Waals surface area contributed by atoms with Crippen molar-refractivity contribution in [3.63, 3.8) is 0 Å². The van der Waals surface area contributed by atoms with Gasteiger partial charge in [-0.25, -0.2) is 13.2 Å². The number of nitrogens with one attached hydrogen (secondary N) is 1. The SMILES string of the molecule is O=C1Cc2ccc(/C=C/CCC(=O)C3C=C(Cl)C=C(Cc4cc(F)c(F)c(F)c4)C3=O)cc2N1. The summed E-state index contributed by atoms with van der Waals surface area (Å²) in [7, 11) is 0. The monoisotopic (exact) mass is 485 g/mol. The molecule has 34 heavy (non-hydrogen) atoms. The summed E-state index contributed by atoms with van der Waals surface area (Å²) in [5, 5.41) is 2.95. The fourth-order valence-electron chi connectivity index (χ4n) is 3.96. The topological polar surface area (TPSA) is 63.2 Å². The predicted octanol–water partition coefficient (Wildman–Crippen LogP) is 5.45. The number of carbonyl (C=O) groups excluding carboxylic acids is 3. The zero-order valence-corrected chi connectivity index (χ0v) is 18.6. The number of amides is 1. The number of benzene rings is 2. The van der Waals surface area contributed by atoms with Crippen LogP contribution in [0.4, 0.5) is 18.9 Å². The number of Topliss-reactive ketones (excluding diaryl/α,β-unsaturated/α-hetero) is 2. The van der Waals surface area contributed by atoms with Gasteiger partial charge < -0.3 is 5.32 Å². The highest BCUT2D eigenvalue weighted by atomic mass is 35.5. The molecule has 0 fully saturated rings. The number of rotatable bonds is 7. The highest BCUT2D eigenvalue weighted by Gasteiger charge is 2.30. The van der Waals surface area contributed by atoms with Crippen molar-refractivity contribution in [2.45, 2.75) is 25.7 Å². The third-order valence-corrected chi connectivity index (χ3v) is 5.88. The van der Waals surface area contributed by atoms with Gasteiger partial charge in [0.1, 0.15) is 11.7 Å². The number of halogens is 4. The van der Waals surface area contributed by atoms with Crippen LogP contribution in [-0.2, 0) is 27.2 Å². The van der Waals surface area contributed by atoms with Gasteiger partial charge in [-0.15, -0.1) is 0 Å². The number of hydrogen-bond donors (Lipinski definition) is 1. The summed E-state index contributed by atoms with van der Waals surface area (Å²) in [6.07, 6.45) is 6.97. The molecule has 2 aromatic carbocycles. The fourth-order valence-corrected chi connectivity index (χ4v) is 4.22. The van der Waals surface area contributed by atoms with Crippen molar-refractivity contribution in [1.82, 2.24) is 0 Å². The Kier molecular flexibility index (Phi) is 6.84. The second-order valence-corrected chi connectivity index (χ2v) is 8.60. The van der Waals surface area contributed by atoms with Crippen LogP contribution in [0.2, 0.25) is 0 Å². The van der Waals surface area contributed by atoms with E-state index in [1.54, 1.807) is 6.08 Å². The maximum atomic E-state index is 13.5. The number of fused-ring (bicyclic) bond motifs is 1. The lowest BCUT2D eigenvalue weighted by molar-refractivity contribution is -0.129. The third kappa shape index (κ3) is 5.20. The van der Waals surface area contributed by atoms with Gasteiger partial charge in [0.25, 0.3) is 0 Å². The summed E-state index contributed by atoms with van der Waals surface area (Å²) < 4.78 is 40.2. The van der Waals surface area contributed by atoms with E-state index in [-0.39, 0.29) is 40.7 Å². The third-order valence-electron chi connectivity index (χ3n) is 5.65. The van der Waals surface area contributed by atoms with Gasteiger partial charge in [0.2, 0.25) is 5.91 Å². The molecule has 1 aliphatic carbocycles. The van der Waals surface area contributed by atoms with Crippen molar-refractivity contribution in [3.05, 3.63) is 93.3 Å². The van der Waals surface area contributed by atoms with Gasteiger partial charge >= 0.3 is 0 Å². The van der Waals surface area contributed by atoms with Gasteiger partial charge in [-0.05, 0) is 53.5 Å². The molecule has 0 saturated heterocycles. The van der Waals surface area contributed by atoms with Crippen LogP contribution in [0, 0.1) is 23.4 Å². The summed E-state index contributed by atoms with van der Waals surface area (Å²) in [6.45, 7) is 0. The molecule has 1 amide bonds. The van der Waals surface area contributed by atoms with Gasteiger partial charge in [0, 0.05) is 29.1 Å². The predicted molar refractivity (Wildman–Crippen MR) is 123 cm³/mol. The normalized spacial score (nSPS) is 17.5. The zero-order valence-electron chi connectivity index (χ0n) is 17.8. The summed E-state index contributed by atoms with van der Waals surface area (Å²) in [4.78, 5) is 37.0. The van der Waals surface area contributed by atoms with Crippen molar-refractivity contribution in [1.29, 1.82) is 0 Å². The lowest BCUT2D eigenvalue weighted by atomic mass is 9.85. The molecule has 4 nitrogen and oxygen atoms in total. The molecule has 1 unspecified atom stereocenters. The number of anilines is 1. The Bertz CT molecular complexity index is 1270. The molecule has 1 aliphatic heterocycles. The second kappa shape index (κ2) is 9.81. The molecule has 4 rings (SSSR count). The minimum absolute atomic E-state index is 0.0475. The molecule has 2 aromatic rings. The Hall–Kier alpha value is -3.45. The minimum atomic E-state index is -1.59. The van der Waals surface area contributed by atoms with E-state index in [0.717, 1.165) is 28.9 Å². The largest absolute Gasteiger partial charge is 0.326 e. The maximum Gasteiger partial charge on any atom is 0.228 e. The van der Waals surface area contributed by atoms with Crippen LogP contribution in [0.25, 0.3) is 6.08 Å². The zero-order chi connectivity index (χ0) is 24.4. The molecule has 0 spiro atoms. The first-order valence-corrected chi connectivity index (χ1v) is 11.0. The van der Waals surface area contributed by atoms with Crippen LogP contribution < -0.4 is 5.32 Å². The summed E-state index contributed by atoms with van der Waals surface area (Å²) >= 11 is 6.10. The van der Waals surface area contributed by atoms with E-state index in [4.69, 9.17) is 11.6 Å². The minimum Gasteiger partial charge on any atom is -0.326 e. The molecule has 0 aromatic heterocycles. The van der Waals surface area contributed by atoms with E-state index >= 15 is 0 Å². The highest BCUT2D eigenvalue weighted by molar-refractivity contribution is 6.33. The molecule has 1 heterocycles. The smallest absolute Gasteiger partial charge is 0.228 e. The first kappa shape index (κ1) is 23.7. The van der Waals surface area contributed by atoms with E-state index in [9.17, 15) is 27.6 Å². The first-order valence-electron chi connectivity index (χ1n) is 10.6. The lowest BCUT2D eigenvalue weighted by Crippen LogP contribution is -2.27. The van der Waals surface area contributed by atoms with Crippen molar-refractivity contribution < 1.29 is 27.6 Å². The first-order chi connectivity index (χ1) is 16.2. The Morgan fingerprint density at radius 2 is 1.85 bits per heavy atom. The molecule has 8 heteroatoms. The van der Waals surface area contributed by atoms with Crippen molar-refractivity contribution in [2.75, 3.05) is 5.32 Å². The average molecular weight is 486 g/mol. The highest BCUT2D eigenvalue weighted by Crippen LogP contribution is 2.28. The molecular weight excluding hydrogens is 467 g/mol. The molecule has 0 bridgehead atoms. The molecule has 1 atom stereocenters. The Morgan fingerprint density at radius 3 is 2.59 bits per heavy atom. The fraction of sp³-hybridized carbons (Fsp3) is 0.192. The Morgan fingerprint density at radius 1 is 1.12 bits per heavy atom. The van der Waals surface area contributed by atoms with Gasteiger partial charge in [-0.2, -0.15) is 0 Å². The number of allylic oxidation sites excluding steroid dienone is 5. The van der Waals surface area contributed by atoms with Crippen LogP contribution in [0.15, 0.2) is 59.2 Å². The van der Waals surface area contributed by atoms with Crippen LogP contribution in [0.3, 0.4) is 0 Å². The number of ketones is 2. The van der Waals surface area contributed by atoms with Crippen molar-refractivity contribution in [3.8, 4) is 0 Å². The van der Waals surface area contributed by atoms with Gasteiger partial charge in [-0.1, -0.05) is 35.9 Å². The van der Waals surface area contributed by atoms with Gasteiger partial charge in [-0.3, -0.25) is 14.4 Å².